The zero-order valence-corrected chi connectivity index (χ0v) is 13.3. The Balaban J connectivity index is 2.19. The molecule has 20 heavy (non-hydrogen) atoms. The fraction of sp³-hybridized carbons (Fsp3) is 0.625. The number of carbonyl (C=O) groups is 1. The highest BCUT2D eigenvalue weighted by Gasteiger charge is 2.06. The van der Waals surface area contributed by atoms with E-state index in [0.29, 0.717) is 17.3 Å². The first-order chi connectivity index (χ1) is 9.63. The van der Waals surface area contributed by atoms with Gasteiger partial charge in [-0.1, -0.05) is 57.0 Å². The fourth-order valence-electron chi connectivity index (χ4n) is 2.10. The molecule has 0 unspecified atom stereocenters. The summed E-state index contributed by atoms with van der Waals surface area (Å²) in [5.74, 6) is 0.0212. The van der Waals surface area contributed by atoms with Crippen molar-refractivity contribution >= 4 is 23.2 Å². The molecule has 0 atom stereocenters. The number of pyridine rings is 1. The number of hydrogen-bond donors (Lipinski definition) is 1. The molecule has 112 valence electrons. The van der Waals surface area contributed by atoms with Crippen molar-refractivity contribution in [2.45, 2.75) is 65.2 Å². The van der Waals surface area contributed by atoms with Crippen LogP contribution in [0.5, 0.6) is 0 Å². The Kier molecular flexibility index (Phi) is 8.28. The van der Waals surface area contributed by atoms with Gasteiger partial charge in [0.05, 0.1) is 5.69 Å². The van der Waals surface area contributed by atoms with Crippen molar-refractivity contribution in [2.24, 2.45) is 0 Å². The number of hydrogen-bond acceptors (Lipinski definition) is 2. The summed E-state index contributed by atoms with van der Waals surface area (Å²) in [7, 11) is 0. The Morgan fingerprint density at radius 3 is 2.55 bits per heavy atom. The maximum atomic E-state index is 11.8. The van der Waals surface area contributed by atoms with E-state index in [-0.39, 0.29) is 5.91 Å². The first-order valence-electron chi connectivity index (χ1n) is 7.55. The minimum atomic E-state index is 0.0212. The number of unbranched alkanes of at least 4 members (excludes halogenated alkanes) is 6. The van der Waals surface area contributed by atoms with Crippen molar-refractivity contribution in [3.8, 4) is 0 Å². The molecule has 0 saturated carbocycles. The van der Waals surface area contributed by atoms with Gasteiger partial charge in [0, 0.05) is 12.6 Å². The minimum Gasteiger partial charge on any atom is -0.323 e. The normalized spacial score (nSPS) is 10.6. The second-order valence-corrected chi connectivity index (χ2v) is 5.63. The number of aromatic nitrogens is 1. The SMILES string of the molecule is CCCCCCCCCC(=O)Nc1cc(C)cnc1Cl. The van der Waals surface area contributed by atoms with Crippen molar-refractivity contribution < 1.29 is 4.79 Å². The third-order valence-corrected chi connectivity index (χ3v) is 3.56. The molecule has 0 aromatic carbocycles. The van der Waals surface area contributed by atoms with E-state index < -0.39 is 0 Å². The van der Waals surface area contributed by atoms with Crippen molar-refractivity contribution in [3.05, 3.63) is 23.0 Å². The molecule has 0 aliphatic carbocycles. The summed E-state index contributed by atoms with van der Waals surface area (Å²) in [6.07, 6.45) is 10.7. The van der Waals surface area contributed by atoms with E-state index >= 15 is 0 Å². The molecular formula is C16H25ClN2O. The Bertz CT molecular complexity index is 421. The molecule has 0 aliphatic heterocycles. The predicted octanol–water partition coefficient (Wildman–Crippen LogP) is 5.12. The van der Waals surface area contributed by atoms with E-state index in [1.54, 1.807) is 6.20 Å². The maximum Gasteiger partial charge on any atom is 0.224 e. The van der Waals surface area contributed by atoms with E-state index in [0.717, 1.165) is 18.4 Å². The molecule has 0 aliphatic rings. The van der Waals surface area contributed by atoms with Gasteiger partial charge in [-0.3, -0.25) is 4.79 Å². The summed E-state index contributed by atoms with van der Waals surface area (Å²) in [4.78, 5) is 15.8. The second-order valence-electron chi connectivity index (χ2n) is 5.27. The topological polar surface area (TPSA) is 42.0 Å². The fourth-order valence-corrected chi connectivity index (χ4v) is 2.25. The number of nitrogens with zero attached hydrogens (tertiary/aromatic N) is 1. The standard InChI is InChI=1S/C16H25ClN2O/c1-3-4-5-6-7-8-9-10-15(20)19-14-11-13(2)12-18-16(14)17/h11-12H,3-10H2,1-2H3,(H,19,20). The van der Waals surface area contributed by atoms with Crippen LogP contribution in [0.3, 0.4) is 0 Å². The lowest BCUT2D eigenvalue weighted by Crippen LogP contribution is -2.12. The molecule has 1 aromatic rings. The van der Waals surface area contributed by atoms with Gasteiger partial charge in [0.2, 0.25) is 5.91 Å². The summed E-state index contributed by atoms with van der Waals surface area (Å²) in [6, 6.07) is 1.85. The predicted molar refractivity (Wildman–Crippen MR) is 85.2 cm³/mol. The zero-order chi connectivity index (χ0) is 14.8. The van der Waals surface area contributed by atoms with Gasteiger partial charge in [-0.2, -0.15) is 0 Å². The van der Waals surface area contributed by atoms with E-state index in [9.17, 15) is 4.79 Å². The first-order valence-corrected chi connectivity index (χ1v) is 7.93. The number of aryl methyl sites for hydroxylation is 1. The first kappa shape index (κ1) is 17.0. The third-order valence-electron chi connectivity index (χ3n) is 3.26. The van der Waals surface area contributed by atoms with E-state index in [4.69, 9.17) is 11.6 Å². The van der Waals surface area contributed by atoms with Gasteiger partial charge in [0.15, 0.2) is 5.15 Å². The number of halogens is 1. The van der Waals surface area contributed by atoms with Crippen LogP contribution >= 0.6 is 11.6 Å². The van der Waals surface area contributed by atoms with Crippen LogP contribution in [0.1, 0.15) is 63.9 Å². The second kappa shape index (κ2) is 9.76. The minimum absolute atomic E-state index is 0.0212. The van der Waals surface area contributed by atoms with Crippen LogP contribution in [0, 0.1) is 6.92 Å². The van der Waals surface area contributed by atoms with Crippen LogP contribution in [0.2, 0.25) is 5.15 Å². The van der Waals surface area contributed by atoms with Crippen LogP contribution in [0.15, 0.2) is 12.3 Å². The molecule has 3 nitrogen and oxygen atoms in total. The average Bonchev–Trinajstić information content (AvgIpc) is 2.42. The molecule has 1 N–H and O–H groups in total. The maximum absolute atomic E-state index is 11.8. The number of nitrogens with one attached hydrogen (secondary N) is 1. The van der Waals surface area contributed by atoms with Gasteiger partial charge in [-0.25, -0.2) is 4.98 Å². The van der Waals surface area contributed by atoms with Gasteiger partial charge in [0.25, 0.3) is 0 Å². The van der Waals surface area contributed by atoms with Crippen LogP contribution in [-0.4, -0.2) is 10.9 Å². The summed E-state index contributed by atoms with van der Waals surface area (Å²) in [5.41, 5.74) is 1.60. The van der Waals surface area contributed by atoms with Crippen molar-refractivity contribution in [1.29, 1.82) is 0 Å². The summed E-state index contributed by atoms with van der Waals surface area (Å²) in [6.45, 7) is 4.14. The van der Waals surface area contributed by atoms with Gasteiger partial charge < -0.3 is 5.32 Å². The molecule has 0 fully saturated rings. The largest absolute Gasteiger partial charge is 0.323 e. The Hall–Kier alpha value is -1.09. The number of anilines is 1. The quantitative estimate of drug-likeness (QED) is 0.507. The molecule has 0 bridgehead atoms. The summed E-state index contributed by atoms with van der Waals surface area (Å²) < 4.78 is 0. The Morgan fingerprint density at radius 1 is 1.20 bits per heavy atom. The number of rotatable bonds is 9. The van der Waals surface area contributed by atoms with Gasteiger partial charge in [-0.15, -0.1) is 0 Å². The molecule has 0 radical (unpaired) electrons. The number of carbonyl (C=O) groups excluding carboxylic acids is 1. The molecule has 1 rings (SSSR count). The van der Waals surface area contributed by atoms with Crippen LogP contribution in [0.25, 0.3) is 0 Å². The molecule has 1 aromatic heterocycles. The van der Waals surface area contributed by atoms with Crippen LogP contribution in [0.4, 0.5) is 5.69 Å². The molecule has 1 heterocycles. The smallest absolute Gasteiger partial charge is 0.224 e. The lowest BCUT2D eigenvalue weighted by atomic mass is 10.1. The van der Waals surface area contributed by atoms with E-state index in [1.165, 1.54) is 32.1 Å². The van der Waals surface area contributed by atoms with Gasteiger partial charge in [-0.05, 0) is 25.0 Å². The van der Waals surface area contributed by atoms with Crippen LogP contribution < -0.4 is 5.32 Å². The van der Waals surface area contributed by atoms with Crippen molar-refractivity contribution in [1.82, 2.24) is 4.98 Å². The van der Waals surface area contributed by atoms with Gasteiger partial charge in [0.1, 0.15) is 0 Å². The number of amides is 1. The molecule has 1 amide bonds. The highest BCUT2D eigenvalue weighted by atomic mass is 35.5. The monoisotopic (exact) mass is 296 g/mol. The van der Waals surface area contributed by atoms with E-state index in [2.05, 4.69) is 17.2 Å². The molecular weight excluding hydrogens is 272 g/mol. The lowest BCUT2D eigenvalue weighted by molar-refractivity contribution is -0.116. The Morgan fingerprint density at radius 2 is 1.85 bits per heavy atom. The molecule has 4 heteroatoms. The highest BCUT2D eigenvalue weighted by molar-refractivity contribution is 6.32. The molecule has 0 spiro atoms. The summed E-state index contributed by atoms with van der Waals surface area (Å²) in [5, 5.41) is 3.18. The molecule has 0 saturated heterocycles. The van der Waals surface area contributed by atoms with E-state index in [1.807, 2.05) is 13.0 Å². The third kappa shape index (κ3) is 6.90. The van der Waals surface area contributed by atoms with Crippen molar-refractivity contribution in [3.63, 3.8) is 0 Å². The van der Waals surface area contributed by atoms with Crippen LogP contribution in [-0.2, 0) is 4.79 Å². The average molecular weight is 297 g/mol. The lowest BCUT2D eigenvalue weighted by Gasteiger charge is -2.07. The summed E-state index contributed by atoms with van der Waals surface area (Å²) >= 11 is 5.95. The van der Waals surface area contributed by atoms with Gasteiger partial charge >= 0.3 is 0 Å². The van der Waals surface area contributed by atoms with Crippen molar-refractivity contribution in [2.75, 3.05) is 5.32 Å². The highest BCUT2D eigenvalue weighted by Crippen LogP contribution is 2.20. The zero-order valence-electron chi connectivity index (χ0n) is 12.5. The Labute approximate surface area is 127 Å².